The minimum Gasteiger partial charge on any atom is -0.347 e. The zero-order chi connectivity index (χ0) is 7.73. The van der Waals surface area contributed by atoms with Gasteiger partial charge in [0.15, 0.2) is 5.79 Å². The van der Waals surface area contributed by atoms with Crippen LogP contribution in [0.25, 0.3) is 0 Å². The monoisotopic (exact) mass is 161 g/mol. The molecular formula is C7H12FNO2. The number of hydrogen-bond acceptors (Lipinski definition) is 3. The van der Waals surface area contributed by atoms with E-state index in [1.165, 1.54) is 0 Å². The number of piperidine rings is 1. The van der Waals surface area contributed by atoms with Crippen LogP contribution in [0.15, 0.2) is 0 Å². The van der Waals surface area contributed by atoms with Crippen LogP contribution in [-0.2, 0) is 9.47 Å². The second kappa shape index (κ2) is 2.69. The van der Waals surface area contributed by atoms with E-state index < -0.39 is 5.79 Å². The van der Waals surface area contributed by atoms with Crippen LogP contribution in [0.4, 0.5) is 4.48 Å². The Labute approximate surface area is 65.0 Å². The molecule has 0 amide bonds. The van der Waals surface area contributed by atoms with Gasteiger partial charge in [-0.15, -0.1) is 9.60 Å². The third-order valence-corrected chi connectivity index (χ3v) is 2.28. The van der Waals surface area contributed by atoms with E-state index in [2.05, 4.69) is 0 Å². The van der Waals surface area contributed by atoms with Crippen molar-refractivity contribution in [3.63, 3.8) is 0 Å². The molecule has 0 bridgehead atoms. The summed E-state index contributed by atoms with van der Waals surface area (Å²) in [5, 5.41) is 0.816. The molecule has 0 atom stereocenters. The minimum atomic E-state index is -0.428. The smallest absolute Gasteiger partial charge is 0.171 e. The molecule has 4 heteroatoms. The molecule has 0 radical (unpaired) electrons. The fourth-order valence-corrected chi connectivity index (χ4v) is 1.61. The van der Waals surface area contributed by atoms with Crippen molar-refractivity contribution in [1.29, 1.82) is 0 Å². The third-order valence-electron chi connectivity index (χ3n) is 2.28. The molecule has 11 heavy (non-hydrogen) atoms. The van der Waals surface area contributed by atoms with Crippen molar-refractivity contribution < 1.29 is 14.0 Å². The highest BCUT2D eigenvalue weighted by Gasteiger charge is 2.39. The predicted molar refractivity (Wildman–Crippen MR) is 36.5 cm³/mol. The molecule has 0 aliphatic carbocycles. The van der Waals surface area contributed by atoms with Gasteiger partial charge in [0, 0.05) is 25.9 Å². The minimum absolute atomic E-state index is 0.428. The van der Waals surface area contributed by atoms with Gasteiger partial charge in [-0.2, -0.15) is 0 Å². The quantitative estimate of drug-likeness (QED) is 0.488. The third kappa shape index (κ3) is 1.38. The average molecular weight is 161 g/mol. The highest BCUT2D eigenvalue weighted by molar-refractivity contribution is 4.79. The number of ether oxygens (including phenoxy) is 2. The molecule has 1 spiro atoms. The van der Waals surface area contributed by atoms with E-state index in [4.69, 9.17) is 9.47 Å². The predicted octanol–water partition coefficient (Wildman–Crippen LogP) is 0.710. The summed E-state index contributed by atoms with van der Waals surface area (Å²) >= 11 is 0. The number of nitrogens with zero attached hydrogens (tertiary/aromatic N) is 1. The van der Waals surface area contributed by atoms with Crippen LogP contribution in [0.5, 0.6) is 0 Å². The van der Waals surface area contributed by atoms with Crippen LogP contribution in [-0.4, -0.2) is 37.2 Å². The van der Waals surface area contributed by atoms with Crippen molar-refractivity contribution in [1.82, 2.24) is 5.12 Å². The molecule has 0 N–H and O–H groups in total. The highest BCUT2D eigenvalue weighted by Crippen LogP contribution is 2.30. The highest BCUT2D eigenvalue weighted by atomic mass is 19.2. The van der Waals surface area contributed by atoms with Gasteiger partial charge in [0.25, 0.3) is 0 Å². The SMILES string of the molecule is FN1CCC2(CC1)OCCO2. The molecule has 2 fully saturated rings. The molecule has 2 rings (SSSR count). The van der Waals surface area contributed by atoms with E-state index in [1.54, 1.807) is 0 Å². The van der Waals surface area contributed by atoms with Gasteiger partial charge >= 0.3 is 0 Å². The fraction of sp³-hybridized carbons (Fsp3) is 1.00. The maximum absolute atomic E-state index is 12.5. The van der Waals surface area contributed by atoms with Gasteiger partial charge in [-0.3, -0.25) is 0 Å². The summed E-state index contributed by atoms with van der Waals surface area (Å²) in [5.74, 6) is -0.428. The molecule has 0 aromatic heterocycles. The average Bonchev–Trinajstić information content (AvgIpc) is 2.45. The molecule has 64 valence electrons. The number of hydrogen-bond donors (Lipinski definition) is 0. The lowest BCUT2D eigenvalue weighted by Crippen LogP contribution is -2.42. The summed E-state index contributed by atoms with van der Waals surface area (Å²) in [6.45, 7) is 2.18. The Morgan fingerprint density at radius 2 is 1.64 bits per heavy atom. The molecule has 0 aromatic rings. The van der Waals surface area contributed by atoms with Gasteiger partial charge in [0.1, 0.15) is 0 Å². The van der Waals surface area contributed by atoms with E-state index in [9.17, 15) is 4.48 Å². The van der Waals surface area contributed by atoms with E-state index >= 15 is 0 Å². The summed E-state index contributed by atoms with van der Waals surface area (Å²) < 4.78 is 23.4. The van der Waals surface area contributed by atoms with E-state index in [-0.39, 0.29) is 0 Å². The van der Waals surface area contributed by atoms with Crippen LogP contribution in [0.3, 0.4) is 0 Å². The normalized spacial score (nSPS) is 31.4. The first-order valence-electron chi connectivity index (χ1n) is 3.99. The summed E-state index contributed by atoms with van der Waals surface area (Å²) in [5.41, 5.74) is 0. The number of rotatable bonds is 0. The van der Waals surface area contributed by atoms with Gasteiger partial charge in [-0.05, 0) is 0 Å². The molecule has 2 aliphatic rings. The van der Waals surface area contributed by atoms with Crippen molar-refractivity contribution in [3.8, 4) is 0 Å². The Kier molecular flexibility index (Phi) is 1.83. The molecule has 2 saturated heterocycles. The van der Waals surface area contributed by atoms with Crippen LogP contribution in [0, 0.1) is 0 Å². The Morgan fingerprint density at radius 3 is 2.18 bits per heavy atom. The van der Waals surface area contributed by atoms with Crippen molar-refractivity contribution in [3.05, 3.63) is 0 Å². The van der Waals surface area contributed by atoms with Crippen molar-refractivity contribution in [2.75, 3.05) is 26.3 Å². The first-order valence-corrected chi connectivity index (χ1v) is 3.99. The summed E-state index contributed by atoms with van der Waals surface area (Å²) in [6.07, 6.45) is 1.31. The van der Waals surface area contributed by atoms with Crippen LogP contribution in [0.1, 0.15) is 12.8 Å². The van der Waals surface area contributed by atoms with Gasteiger partial charge in [0.2, 0.25) is 0 Å². The zero-order valence-corrected chi connectivity index (χ0v) is 6.38. The first kappa shape index (κ1) is 7.46. The lowest BCUT2D eigenvalue weighted by Gasteiger charge is -2.33. The van der Waals surface area contributed by atoms with Gasteiger partial charge < -0.3 is 9.47 Å². The topological polar surface area (TPSA) is 21.7 Å². The van der Waals surface area contributed by atoms with Crippen LogP contribution in [0.2, 0.25) is 0 Å². The second-order valence-electron chi connectivity index (χ2n) is 3.02. The Balaban J connectivity index is 1.94. The maximum Gasteiger partial charge on any atom is 0.171 e. The summed E-state index contributed by atoms with van der Waals surface area (Å²) in [4.78, 5) is 0. The molecule has 0 saturated carbocycles. The van der Waals surface area contributed by atoms with Crippen LogP contribution < -0.4 is 0 Å². The molecule has 0 unspecified atom stereocenters. The Morgan fingerprint density at radius 1 is 1.09 bits per heavy atom. The van der Waals surface area contributed by atoms with Gasteiger partial charge in [0.05, 0.1) is 13.2 Å². The summed E-state index contributed by atoms with van der Waals surface area (Å²) in [6, 6.07) is 0. The molecule has 2 aliphatic heterocycles. The molecular weight excluding hydrogens is 149 g/mol. The van der Waals surface area contributed by atoms with Crippen molar-refractivity contribution in [2.45, 2.75) is 18.6 Å². The first-order chi connectivity index (χ1) is 5.31. The maximum atomic E-state index is 12.5. The van der Waals surface area contributed by atoms with Crippen molar-refractivity contribution in [2.24, 2.45) is 0 Å². The Hall–Kier alpha value is -0.190. The fourth-order valence-electron chi connectivity index (χ4n) is 1.61. The Bertz CT molecular complexity index is 137. The van der Waals surface area contributed by atoms with E-state index in [0.717, 1.165) is 5.12 Å². The van der Waals surface area contributed by atoms with Crippen molar-refractivity contribution >= 4 is 0 Å². The largest absolute Gasteiger partial charge is 0.347 e. The summed E-state index contributed by atoms with van der Waals surface area (Å²) in [7, 11) is 0. The van der Waals surface area contributed by atoms with Gasteiger partial charge in [-0.1, -0.05) is 0 Å². The molecule has 0 aromatic carbocycles. The van der Waals surface area contributed by atoms with Gasteiger partial charge in [-0.25, -0.2) is 0 Å². The standard InChI is InChI=1S/C7H12FNO2/c8-9-3-1-7(2-4-9)10-5-6-11-7/h1-6H2. The van der Waals surface area contributed by atoms with Crippen LogP contribution >= 0.6 is 0 Å². The second-order valence-corrected chi connectivity index (χ2v) is 3.02. The number of halogens is 1. The van der Waals surface area contributed by atoms with E-state index in [0.29, 0.717) is 39.1 Å². The molecule has 3 nitrogen and oxygen atoms in total. The lowest BCUT2D eigenvalue weighted by molar-refractivity contribution is -0.203. The zero-order valence-electron chi connectivity index (χ0n) is 6.38. The molecule has 2 heterocycles. The lowest BCUT2D eigenvalue weighted by atomic mass is 10.1. The van der Waals surface area contributed by atoms with E-state index in [1.807, 2.05) is 0 Å².